The molecule has 2 rings (SSSR count). The van der Waals surface area contributed by atoms with Crippen molar-refractivity contribution in [3.63, 3.8) is 0 Å². The van der Waals surface area contributed by atoms with Crippen LogP contribution in [-0.4, -0.2) is 36.8 Å². The standard InChI is InChI=1S/C12H15FN2O2/c13-9-2-4-10(5-3-9)15-7-1-6-14-12(17)11(15)8-16/h2-5,11,16H,1,6-8H2,(H,14,17). The van der Waals surface area contributed by atoms with Gasteiger partial charge in [0.25, 0.3) is 0 Å². The van der Waals surface area contributed by atoms with E-state index in [-0.39, 0.29) is 18.3 Å². The molecule has 0 spiro atoms. The van der Waals surface area contributed by atoms with Crippen molar-refractivity contribution in [1.82, 2.24) is 5.32 Å². The Balaban J connectivity index is 2.26. The second-order valence-corrected chi connectivity index (χ2v) is 4.01. The highest BCUT2D eigenvalue weighted by atomic mass is 19.1. The van der Waals surface area contributed by atoms with Gasteiger partial charge in [-0.25, -0.2) is 4.39 Å². The van der Waals surface area contributed by atoms with Crippen molar-refractivity contribution >= 4 is 11.6 Å². The summed E-state index contributed by atoms with van der Waals surface area (Å²) >= 11 is 0. The summed E-state index contributed by atoms with van der Waals surface area (Å²) in [6.45, 7) is 1.02. The third-order valence-corrected chi connectivity index (χ3v) is 2.89. The lowest BCUT2D eigenvalue weighted by atomic mass is 10.2. The summed E-state index contributed by atoms with van der Waals surface area (Å²) in [6, 6.07) is 5.36. The fourth-order valence-electron chi connectivity index (χ4n) is 2.00. The second-order valence-electron chi connectivity index (χ2n) is 4.01. The van der Waals surface area contributed by atoms with E-state index < -0.39 is 6.04 Å². The zero-order chi connectivity index (χ0) is 12.3. The van der Waals surface area contributed by atoms with Crippen LogP contribution in [-0.2, 0) is 4.79 Å². The van der Waals surface area contributed by atoms with Gasteiger partial charge in [0.05, 0.1) is 6.61 Å². The second kappa shape index (κ2) is 5.14. The molecule has 1 aliphatic heterocycles. The molecule has 1 aromatic carbocycles. The minimum absolute atomic E-state index is 0.186. The maximum Gasteiger partial charge on any atom is 0.245 e. The molecule has 1 atom stereocenters. The molecule has 0 radical (unpaired) electrons. The topological polar surface area (TPSA) is 52.6 Å². The SMILES string of the molecule is O=C1NCCCN(c2ccc(F)cc2)C1CO. The van der Waals surface area contributed by atoms with Crippen molar-refractivity contribution in [2.45, 2.75) is 12.5 Å². The van der Waals surface area contributed by atoms with Crippen LogP contribution in [0, 0.1) is 5.82 Å². The minimum atomic E-state index is -0.594. The lowest BCUT2D eigenvalue weighted by Crippen LogP contribution is -2.46. The molecule has 0 saturated carbocycles. The summed E-state index contributed by atoms with van der Waals surface area (Å²) in [4.78, 5) is 13.5. The monoisotopic (exact) mass is 238 g/mol. The number of nitrogens with zero attached hydrogens (tertiary/aromatic N) is 1. The smallest absolute Gasteiger partial charge is 0.245 e. The molecular weight excluding hydrogens is 223 g/mol. The van der Waals surface area contributed by atoms with Gasteiger partial charge in [-0.05, 0) is 30.7 Å². The van der Waals surface area contributed by atoms with Crippen molar-refractivity contribution in [3.8, 4) is 0 Å². The Morgan fingerprint density at radius 3 is 2.76 bits per heavy atom. The number of aliphatic hydroxyl groups is 1. The number of hydrogen-bond acceptors (Lipinski definition) is 3. The first-order valence-corrected chi connectivity index (χ1v) is 5.63. The van der Waals surface area contributed by atoms with Gasteiger partial charge in [-0.2, -0.15) is 0 Å². The molecule has 0 bridgehead atoms. The van der Waals surface area contributed by atoms with Gasteiger partial charge in [0, 0.05) is 18.8 Å². The average molecular weight is 238 g/mol. The Morgan fingerprint density at radius 1 is 1.41 bits per heavy atom. The quantitative estimate of drug-likeness (QED) is 0.789. The van der Waals surface area contributed by atoms with Gasteiger partial charge in [0.1, 0.15) is 11.9 Å². The van der Waals surface area contributed by atoms with Crippen LogP contribution in [0.4, 0.5) is 10.1 Å². The maximum absolute atomic E-state index is 12.8. The molecule has 0 aromatic heterocycles. The van der Waals surface area contributed by atoms with Crippen LogP contribution in [0.3, 0.4) is 0 Å². The number of carbonyl (C=O) groups excluding carboxylic acids is 1. The number of anilines is 1. The molecule has 1 aliphatic rings. The van der Waals surface area contributed by atoms with Crippen LogP contribution in [0.2, 0.25) is 0 Å². The van der Waals surface area contributed by atoms with Crippen molar-refractivity contribution in [1.29, 1.82) is 0 Å². The van der Waals surface area contributed by atoms with E-state index in [0.29, 0.717) is 13.1 Å². The lowest BCUT2D eigenvalue weighted by Gasteiger charge is -2.29. The summed E-state index contributed by atoms with van der Waals surface area (Å²) in [5, 5.41) is 12.0. The highest BCUT2D eigenvalue weighted by Gasteiger charge is 2.27. The lowest BCUT2D eigenvalue weighted by molar-refractivity contribution is -0.122. The predicted octanol–water partition coefficient (Wildman–Crippen LogP) is 0.513. The van der Waals surface area contributed by atoms with Gasteiger partial charge < -0.3 is 15.3 Å². The van der Waals surface area contributed by atoms with Crippen molar-refractivity contribution in [2.24, 2.45) is 0 Å². The Labute approximate surface area is 99.0 Å². The van der Waals surface area contributed by atoms with E-state index in [1.54, 1.807) is 12.1 Å². The molecule has 1 amide bonds. The fourth-order valence-corrected chi connectivity index (χ4v) is 2.00. The van der Waals surface area contributed by atoms with Crippen LogP contribution in [0.15, 0.2) is 24.3 Å². The summed E-state index contributed by atoms with van der Waals surface area (Å²) in [6.07, 6.45) is 0.805. The minimum Gasteiger partial charge on any atom is -0.394 e. The number of rotatable bonds is 2. The third-order valence-electron chi connectivity index (χ3n) is 2.89. The normalized spacial score (nSPS) is 20.9. The summed E-state index contributed by atoms with van der Waals surface area (Å²) in [5.74, 6) is -0.497. The van der Waals surface area contributed by atoms with Crippen LogP contribution in [0.25, 0.3) is 0 Å². The molecule has 1 aromatic rings. The van der Waals surface area contributed by atoms with Gasteiger partial charge in [0.2, 0.25) is 5.91 Å². The number of nitrogens with one attached hydrogen (secondary N) is 1. The summed E-state index contributed by atoms with van der Waals surface area (Å²) in [7, 11) is 0. The number of halogens is 1. The van der Waals surface area contributed by atoms with Crippen molar-refractivity contribution in [2.75, 3.05) is 24.6 Å². The summed E-state index contributed by atoms with van der Waals surface area (Å²) < 4.78 is 12.8. The molecule has 1 unspecified atom stereocenters. The van der Waals surface area contributed by atoms with E-state index in [2.05, 4.69) is 5.32 Å². The fraction of sp³-hybridized carbons (Fsp3) is 0.417. The Bertz CT molecular complexity index is 394. The van der Waals surface area contributed by atoms with Crippen LogP contribution < -0.4 is 10.2 Å². The maximum atomic E-state index is 12.8. The Kier molecular flexibility index (Phi) is 3.58. The van der Waals surface area contributed by atoms with E-state index >= 15 is 0 Å². The molecule has 92 valence electrons. The average Bonchev–Trinajstić information content (AvgIpc) is 2.52. The third kappa shape index (κ3) is 2.55. The van der Waals surface area contributed by atoms with E-state index in [1.807, 2.05) is 4.90 Å². The first-order valence-electron chi connectivity index (χ1n) is 5.63. The van der Waals surface area contributed by atoms with Gasteiger partial charge in [-0.1, -0.05) is 0 Å². The van der Waals surface area contributed by atoms with E-state index in [1.165, 1.54) is 12.1 Å². The number of carbonyl (C=O) groups is 1. The zero-order valence-electron chi connectivity index (χ0n) is 9.40. The summed E-state index contributed by atoms with van der Waals surface area (Å²) in [5.41, 5.74) is 0.752. The van der Waals surface area contributed by atoms with E-state index in [0.717, 1.165) is 12.1 Å². The largest absolute Gasteiger partial charge is 0.394 e. The first kappa shape index (κ1) is 11.9. The van der Waals surface area contributed by atoms with Crippen LogP contribution in [0.5, 0.6) is 0 Å². The highest BCUT2D eigenvalue weighted by Crippen LogP contribution is 2.19. The van der Waals surface area contributed by atoms with Gasteiger partial charge in [-0.3, -0.25) is 4.79 Å². The Morgan fingerprint density at radius 2 is 2.12 bits per heavy atom. The Hall–Kier alpha value is -1.62. The van der Waals surface area contributed by atoms with Gasteiger partial charge in [0.15, 0.2) is 0 Å². The molecule has 1 heterocycles. The molecule has 5 heteroatoms. The molecule has 17 heavy (non-hydrogen) atoms. The van der Waals surface area contributed by atoms with Crippen LogP contribution in [0.1, 0.15) is 6.42 Å². The van der Waals surface area contributed by atoms with E-state index in [4.69, 9.17) is 0 Å². The van der Waals surface area contributed by atoms with Crippen molar-refractivity contribution in [3.05, 3.63) is 30.1 Å². The van der Waals surface area contributed by atoms with Crippen molar-refractivity contribution < 1.29 is 14.3 Å². The molecule has 4 nitrogen and oxygen atoms in total. The number of amides is 1. The molecular formula is C12H15FN2O2. The first-order chi connectivity index (χ1) is 8.22. The molecule has 2 N–H and O–H groups in total. The molecule has 0 aliphatic carbocycles. The molecule has 1 fully saturated rings. The van der Waals surface area contributed by atoms with E-state index in [9.17, 15) is 14.3 Å². The van der Waals surface area contributed by atoms with Gasteiger partial charge in [-0.15, -0.1) is 0 Å². The zero-order valence-corrected chi connectivity index (χ0v) is 9.40. The number of aliphatic hydroxyl groups excluding tert-OH is 1. The van der Waals surface area contributed by atoms with Gasteiger partial charge >= 0.3 is 0 Å². The van der Waals surface area contributed by atoms with Crippen LogP contribution >= 0.6 is 0 Å². The number of benzene rings is 1. The molecule has 1 saturated heterocycles. The highest BCUT2D eigenvalue weighted by molar-refractivity contribution is 5.85. The number of hydrogen-bond donors (Lipinski definition) is 2. The predicted molar refractivity (Wildman–Crippen MR) is 62.2 cm³/mol.